The number of hydrogen-bond acceptors (Lipinski definition) is 7. The van der Waals surface area contributed by atoms with Crippen molar-refractivity contribution >= 4 is 23.6 Å². The van der Waals surface area contributed by atoms with Crippen molar-refractivity contribution in [3.05, 3.63) is 12.4 Å². The normalized spacial score (nSPS) is 19.5. The van der Waals surface area contributed by atoms with E-state index in [0.29, 0.717) is 38.3 Å². The van der Waals surface area contributed by atoms with Crippen LogP contribution in [0.3, 0.4) is 0 Å². The van der Waals surface area contributed by atoms with E-state index in [1.165, 1.54) is 4.90 Å². The van der Waals surface area contributed by atoms with E-state index in [9.17, 15) is 14.7 Å². The third kappa shape index (κ3) is 3.43. The summed E-state index contributed by atoms with van der Waals surface area (Å²) in [6.07, 6.45) is 4.45. The van der Waals surface area contributed by atoms with Crippen molar-refractivity contribution in [3.8, 4) is 0 Å². The maximum Gasteiger partial charge on any atom is 0.327 e. The Balaban J connectivity index is 1.82. The molecule has 0 radical (unpaired) electrons. The highest BCUT2D eigenvalue weighted by atomic mass is 16.3. The standard InChI is InChI=1S/C18H28N6O3/c1-13(2)12-24-17(27)23(8-9-25)16(26)18(24)4-6-22(7-5-18)15-11-20-10-14(19-3)21-15/h10-11,13,25H,4-9,12H2,1-3H3,(H,19,21). The Morgan fingerprint density at radius 1 is 1.26 bits per heavy atom. The van der Waals surface area contributed by atoms with E-state index < -0.39 is 5.54 Å². The molecular weight excluding hydrogens is 348 g/mol. The van der Waals surface area contributed by atoms with Crippen LogP contribution in [-0.2, 0) is 4.79 Å². The average molecular weight is 376 g/mol. The maximum absolute atomic E-state index is 13.1. The number of carbonyl (C=O) groups excluding carboxylic acids is 2. The summed E-state index contributed by atoms with van der Waals surface area (Å²) in [6, 6.07) is -0.284. The van der Waals surface area contributed by atoms with Gasteiger partial charge in [0.25, 0.3) is 5.91 Å². The van der Waals surface area contributed by atoms with Crippen LogP contribution in [0.5, 0.6) is 0 Å². The Hall–Kier alpha value is -2.42. The summed E-state index contributed by atoms with van der Waals surface area (Å²) < 4.78 is 0. The van der Waals surface area contributed by atoms with Gasteiger partial charge >= 0.3 is 6.03 Å². The number of hydrogen-bond donors (Lipinski definition) is 2. The number of anilines is 2. The Kier molecular flexibility index (Phi) is 5.50. The van der Waals surface area contributed by atoms with Crippen LogP contribution < -0.4 is 10.2 Å². The molecule has 3 rings (SSSR count). The topological polar surface area (TPSA) is 102 Å². The van der Waals surface area contributed by atoms with Crippen LogP contribution in [0, 0.1) is 5.92 Å². The summed E-state index contributed by atoms with van der Waals surface area (Å²) in [5.74, 6) is 1.52. The minimum Gasteiger partial charge on any atom is -0.395 e. The zero-order chi connectivity index (χ0) is 19.6. The Morgan fingerprint density at radius 3 is 2.56 bits per heavy atom. The van der Waals surface area contributed by atoms with Gasteiger partial charge in [-0.05, 0) is 18.8 Å². The first-order valence-electron chi connectivity index (χ1n) is 9.42. The summed E-state index contributed by atoms with van der Waals surface area (Å²) in [5, 5.41) is 12.2. The molecule has 0 saturated carbocycles. The molecule has 3 amide bonds. The molecule has 1 aromatic heterocycles. The van der Waals surface area contributed by atoms with Crippen molar-refractivity contribution in [1.82, 2.24) is 19.8 Å². The number of nitrogens with zero attached hydrogens (tertiary/aromatic N) is 5. The number of urea groups is 1. The van der Waals surface area contributed by atoms with Gasteiger partial charge in [0, 0.05) is 26.7 Å². The molecular formula is C18H28N6O3. The summed E-state index contributed by atoms with van der Waals surface area (Å²) in [6.45, 7) is 5.66. The Bertz CT molecular complexity index is 702. The lowest BCUT2D eigenvalue weighted by Gasteiger charge is -2.43. The van der Waals surface area contributed by atoms with Crippen LogP contribution in [0.2, 0.25) is 0 Å². The first-order chi connectivity index (χ1) is 12.9. The molecule has 1 aromatic rings. The molecule has 2 aliphatic rings. The Morgan fingerprint density at radius 2 is 1.96 bits per heavy atom. The van der Waals surface area contributed by atoms with E-state index in [1.54, 1.807) is 24.3 Å². The van der Waals surface area contributed by atoms with Gasteiger partial charge in [0.15, 0.2) is 0 Å². The maximum atomic E-state index is 13.1. The summed E-state index contributed by atoms with van der Waals surface area (Å²) in [5.41, 5.74) is -0.818. The molecule has 0 aliphatic carbocycles. The number of carbonyl (C=O) groups is 2. The van der Waals surface area contributed by atoms with Gasteiger partial charge in [-0.3, -0.25) is 14.7 Å². The molecule has 2 aliphatic heterocycles. The minimum absolute atomic E-state index is 0.0490. The number of imide groups is 1. The van der Waals surface area contributed by atoms with Gasteiger partial charge in [0.1, 0.15) is 17.2 Å². The zero-order valence-electron chi connectivity index (χ0n) is 16.2. The predicted octanol–water partition coefficient (Wildman–Crippen LogP) is 0.770. The van der Waals surface area contributed by atoms with E-state index >= 15 is 0 Å². The van der Waals surface area contributed by atoms with Crippen molar-refractivity contribution in [1.29, 1.82) is 0 Å². The van der Waals surface area contributed by atoms with Crippen LogP contribution >= 0.6 is 0 Å². The molecule has 148 valence electrons. The minimum atomic E-state index is -0.818. The quantitative estimate of drug-likeness (QED) is 0.707. The summed E-state index contributed by atoms with van der Waals surface area (Å²) >= 11 is 0. The van der Waals surface area contributed by atoms with Crippen LogP contribution in [0.1, 0.15) is 26.7 Å². The molecule has 3 heterocycles. The third-order valence-corrected chi connectivity index (χ3v) is 5.29. The molecule has 9 nitrogen and oxygen atoms in total. The van der Waals surface area contributed by atoms with Crippen molar-refractivity contribution in [3.63, 3.8) is 0 Å². The highest BCUT2D eigenvalue weighted by Crippen LogP contribution is 2.38. The van der Waals surface area contributed by atoms with Crippen molar-refractivity contribution < 1.29 is 14.7 Å². The first kappa shape index (κ1) is 19.3. The van der Waals surface area contributed by atoms with E-state index in [0.717, 1.165) is 5.82 Å². The van der Waals surface area contributed by atoms with Gasteiger partial charge in [-0.25, -0.2) is 9.78 Å². The number of nitrogens with one attached hydrogen (secondary N) is 1. The number of aliphatic hydroxyl groups excluding tert-OH is 1. The molecule has 0 atom stereocenters. The fraction of sp³-hybridized carbons (Fsp3) is 0.667. The molecule has 27 heavy (non-hydrogen) atoms. The van der Waals surface area contributed by atoms with Gasteiger partial charge < -0.3 is 20.2 Å². The van der Waals surface area contributed by atoms with Crippen LogP contribution in [-0.4, -0.2) is 82.2 Å². The number of aromatic nitrogens is 2. The van der Waals surface area contributed by atoms with Crippen molar-refractivity contribution in [2.45, 2.75) is 32.2 Å². The first-order valence-corrected chi connectivity index (χ1v) is 9.42. The average Bonchev–Trinajstić information content (AvgIpc) is 2.85. The molecule has 0 unspecified atom stereocenters. The Labute approximate surface area is 159 Å². The fourth-order valence-electron chi connectivity index (χ4n) is 3.92. The monoisotopic (exact) mass is 376 g/mol. The number of aliphatic hydroxyl groups is 1. The van der Waals surface area contributed by atoms with E-state index in [1.807, 2.05) is 13.8 Å². The van der Waals surface area contributed by atoms with Crippen molar-refractivity contribution in [2.75, 3.05) is 50.1 Å². The molecule has 0 aromatic carbocycles. The second-order valence-corrected chi connectivity index (χ2v) is 7.50. The molecule has 2 fully saturated rings. The van der Waals surface area contributed by atoms with Crippen LogP contribution in [0.25, 0.3) is 0 Å². The molecule has 2 N–H and O–H groups in total. The fourth-order valence-corrected chi connectivity index (χ4v) is 3.92. The van der Waals surface area contributed by atoms with E-state index in [2.05, 4.69) is 20.2 Å². The van der Waals surface area contributed by atoms with Gasteiger partial charge in [-0.2, -0.15) is 0 Å². The van der Waals surface area contributed by atoms with Gasteiger partial charge in [-0.1, -0.05) is 13.8 Å². The lowest BCUT2D eigenvalue weighted by Crippen LogP contribution is -2.57. The zero-order valence-corrected chi connectivity index (χ0v) is 16.2. The molecule has 9 heteroatoms. The second kappa shape index (κ2) is 7.67. The van der Waals surface area contributed by atoms with Crippen LogP contribution in [0.15, 0.2) is 12.4 Å². The third-order valence-electron chi connectivity index (χ3n) is 5.29. The van der Waals surface area contributed by atoms with E-state index in [-0.39, 0.29) is 31.0 Å². The number of β-amino-alcohol motifs (C(OH)–C–C–N with tert-alkyl or cyclic N) is 1. The van der Waals surface area contributed by atoms with Gasteiger partial charge in [0.05, 0.1) is 25.5 Å². The highest BCUT2D eigenvalue weighted by molar-refractivity contribution is 6.07. The molecule has 1 spiro atoms. The predicted molar refractivity (Wildman–Crippen MR) is 101 cm³/mol. The van der Waals surface area contributed by atoms with E-state index in [4.69, 9.17) is 0 Å². The number of amides is 3. The summed E-state index contributed by atoms with van der Waals surface area (Å²) in [7, 11) is 1.79. The molecule has 2 saturated heterocycles. The van der Waals surface area contributed by atoms with Gasteiger partial charge in [0.2, 0.25) is 0 Å². The highest BCUT2D eigenvalue weighted by Gasteiger charge is 2.57. The largest absolute Gasteiger partial charge is 0.395 e. The SMILES string of the molecule is CNc1cncc(N2CCC3(CC2)C(=O)N(CCO)C(=O)N3CC(C)C)n1. The number of piperidine rings is 1. The summed E-state index contributed by atoms with van der Waals surface area (Å²) in [4.78, 5) is 39.7. The lowest BCUT2D eigenvalue weighted by atomic mass is 9.85. The van der Waals surface area contributed by atoms with Crippen molar-refractivity contribution in [2.24, 2.45) is 5.92 Å². The van der Waals surface area contributed by atoms with Crippen LogP contribution in [0.4, 0.5) is 16.4 Å². The number of rotatable bonds is 6. The smallest absolute Gasteiger partial charge is 0.327 e. The van der Waals surface area contributed by atoms with Gasteiger partial charge in [-0.15, -0.1) is 0 Å². The second-order valence-electron chi connectivity index (χ2n) is 7.50. The lowest BCUT2D eigenvalue weighted by molar-refractivity contribution is -0.134. The molecule has 0 bridgehead atoms.